The first-order valence-electron chi connectivity index (χ1n) is 7.62. The summed E-state index contributed by atoms with van der Waals surface area (Å²) in [7, 11) is 0. The Morgan fingerprint density at radius 2 is 1.92 bits per heavy atom. The van der Waals surface area contributed by atoms with Crippen LogP contribution in [0.15, 0.2) is 36.7 Å². The molecular weight excluding hydrogens is 333 g/mol. The highest BCUT2D eigenvalue weighted by Gasteiger charge is 2.34. The molecular formula is C16H13F3N6. The zero-order chi connectivity index (χ0) is 17.6. The van der Waals surface area contributed by atoms with Crippen LogP contribution in [0.5, 0.6) is 0 Å². The summed E-state index contributed by atoms with van der Waals surface area (Å²) >= 11 is 0. The van der Waals surface area contributed by atoms with Crippen molar-refractivity contribution < 1.29 is 13.2 Å². The van der Waals surface area contributed by atoms with Crippen LogP contribution < -0.4 is 0 Å². The van der Waals surface area contributed by atoms with Crippen molar-refractivity contribution in [1.82, 2.24) is 29.4 Å². The first kappa shape index (κ1) is 15.6. The third-order valence-electron chi connectivity index (χ3n) is 3.95. The molecule has 0 bridgehead atoms. The van der Waals surface area contributed by atoms with Crippen molar-refractivity contribution >= 4 is 16.6 Å². The topological polar surface area (TPSA) is 60.9 Å². The minimum atomic E-state index is -4.44. The van der Waals surface area contributed by atoms with Gasteiger partial charge >= 0.3 is 6.18 Å². The van der Waals surface area contributed by atoms with Crippen LogP contribution in [-0.2, 0) is 19.1 Å². The lowest BCUT2D eigenvalue weighted by molar-refractivity contribution is -0.141. The van der Waals surface area contributed by atoms with E-state index in [-0.39, 0.29) is 6.54 Å². The first-order chi connectivity index (χ1) is 11.9. The van der Waals surface area contributed by atoms with Gasteiger partial charge in [0.05, 0.1) is 5.52 Å². The van der Waals surface area contributed by atoms with Gasteiger partial charge < -0.3 is 0 Å². The highest BCUT2D eigenvalue weighted by molar-refractivity contribution is 5.90. The molecule has 0 aliphatic rings. The Morgan fingerprint density at radius 1 is 1.12 bits per heavy atom. The van der Waals surface area contributed by atoms with Gasteiger partial charge in [0.1, 0.15) is 6.33 Å². The molecule has 0 radical (unpaired) electrons. The number of benzene rings is 1. The van der Waals surface area contributed by atoms with Gasteiger partial charge in [-0.3, -0.25) is 4.68 Å². The first-order valence-corrected chi connectivity index (χ1v) is 7.62. The van der Waals surface area contributed by atoms with Crippen molar-refractivity contribution in [2.24, 2.45) is 0 Å². The average molecular weight is 346 g/mol. The lowest BCUT2D eigenvalue weighted by Gasteiger charge is -2.02. The number of aromatic nitrogens is 6. The van der Waals surface area contributed by atoms with Crippen molar-refractivity contribution in [3.63, 3.8) is 0 Å². The number of hydrogen-bond donors (Lipinski definition) is 0. The third kappa shape index (κ3) is 2.81. The van der Waals surface area contributed by atoms with Crippen LogP contribution in [0.1, 0.15) is 17.2 Å². The molecule has 0 N–H and O–H groups in total. The molecule has 0 fully saturated rings. The van der Waals surface area contributed by atoms with E-state index in [9.17, 15) is 13.2 Å². The molecule has 128 valence electrons. The zero-order valence-corrected chi connectivity index (χ0v) is 13.2. The van der Waals surface area contributed by atoms with Crippen LogP contribution in [0, 0.1) is 6.92 Å². The van der Waals surface area contributed by atoms with Crippen molar-refractivity contribution in [1.29, 1.82) is 0 Å². The summed E-state index contributed by atoms with van der Waals surface area (Å²) in [6.45, 7) is 1.86. The van der Waals surface area contributed by atoms with E-state index in [0.717, 1.165) is 17.0 Å². The molecule has 3 aromatic heterocycles. The van der Waals surface area contributed by atoms with E-state index < -0.39 is 11.9 Å². The minimum Gasteiger partial charge on any atom is -0.269 e. The van der Waals surface area contributed by atoms with Gasteiger partial charge in [-0.25, -0.2) is 14.5 Å². The van der Waals surface area contributed by atoms with Crippen LogP contribution >= 0.6 is 0 Å². The van der Waals surface area contributed by atoms with E-state index in [2.05, 4.69) is 20.2 Å². The summed E-state index contributed by atoms with van der Waals surface area (Å²) in [5, 5.41) is 8.83. The fourth-order valence-electron chi connectivity index (χ4n) is 2.71. The molecule has 9 heteroatoms. The smallest absolute Gasteiger partial charge is 0.269 e. The summed E-state index contributed by atoms with van der Waals surface area (Å²) < 4.78 is 41.1. The van der Waals surface area contributed by atoms with E-state index in [0.29, 0.717) is 23.6 Å². The van der Waals surface area contributed by atoms with Gasteiger partial charge in [-0.15, -0.1) is 5.10 Å². The summed E-state index contributed by atoms with van der Waals surface area (Å²) in [6, 6.07) is 8.61. The standard InChI is InChI=1S/C16H13F3N6/c1-10-8-13(16(17,18)19)22-24(10)7-6-14-21-15-11-4-2-3-5-12(11)20-9-25(15)23-14/h2-5,8-9H,6-7H2,1H3. The maximum Gasteiger partial charge on any atom is 0.435 e. The lowest BCUT2D eigenvalue weighted by Crippen LogP contribution is -2.10. The van der Waals surface area contributed by atoms with Crippen molar-refractivity contribution in [2.75, 3.05) is 0 Å². The van der Waals surface area contributed by atoms with E-state index in [1.807, 2.05) is 24.3 Å². The molecule has 0 saturated carbocycles. The second-order valence-electron chi connectivity index (χ2n) is 5.70. The zero-order valence-electron chi connectivity index (χ0n) is 13.2. The van der Waals surface area contributed by atoms with Crippen LogP contribution in [-0.4, -0.2) is 29.4 Å². The van der Waals surface area contributed by atoms with Crippen LogP contribution in [0.25, 0.3) is 16.6 Å². The summed E-state index contributed by atoms with van der Waals surface area (Å²) in [5.41, 5.74) is 1.05. The largest absolute Gasteiger partial charge is 0.435 e. The van der Waals surface area contributed by atoms with Crippen LogP contribution in [0.4, 0.5) is 13.2 Å². The molecule has 25 heavy (non-hydrogen) atoms. The van der Waals surface area contributed by atoms with Gasteiger partial charge in [-0.2, -0.15) is 18.3 Å². The van der Waals surface area contributed by atoms with Gasteiger partial charge in [0, 0.05) is 24.0 Å². The molecule has 0 saturated heterocycles. The minimum absolute atomic E-state index is 0.268. The van der Waals surface area contributed by atoms with Gasteiger partial charge in [0.25, 0.3) is 0 Å². The van der Waals surface area contributed by atoms with Gasteiger partial charge in [-0.1, -0.05) is 12.1 Å². The number of para-hydroxylation sites is 1. The van der Waals surface area contributed by atoms with Gasteiger partial charge in [0.2, 0.25) is 0 Å². The number of hydrogen-bond acceptors (Lipinski definition) is 4. The van der Waals surface area contributed by atoms with Gasteiger partial charge in [0.15, 0.2) is 17.2 Å². The molecule has 1 aromatic carbocycles. The van der Waals surface area contributed by atoms with Crippen LogP contribution in [0.3, 0.4) is 0 Å². The Hall–Kier alpha value is -2.97. The molecule has 0 spiro atoms. The van der Waals surface area contributed by atoms with Crippen molar-refractivity contribution in [2.45, 2.75) is 26.1 Å². The highest BCUT2D eigenvalue weighted by atomic mass is 19.4. The Morgan fingerprint density at radius 3 is 2.68 bits per heavy atom. The number of nitrogens with zero attached hydrogens (tertiary/aromatic N) is 6. The average Bonchev–Trinajstić information content (AvgIpc) is 3.16. The monoisotopic (exact) mass is 346 g/mol. The number of halogens is 3. The van der Waals surface area contributed by atoms with E-state index >= 15 is 0 Å². The number of rotatable bonds is 3. The number of fused-ring (bicyclic) bond motifs is 3. The molecule has 4 rings (SSSR count). The second-order valence-corrected chi connectivity index (χ2v) is 5.70. The normalized spacial score (nSPS) is 12.3. The second kappa shape index (κ2) is 5.54. The highest BCUT2D eigenvalue weighted by Crippen LogP contribution is 2.28. The molecule has 0 aliphatic heterocycles. The molecule has 3 heterocycles. The molecule has 0 aliphatic carbocycles. The number of alkyl halides is 3. The Balaban J connectivity index is 1.61. The summed E-state index contributed by atoms with van der Waals surface area (Å²) in [6.07, 6.45) is -2.49. The third-order valence-corrected chi connectivity index (χ3v) is 3.95. The Kier molecular flexibility index (Phi) is 3.45. The predicted octanol–water partition coefficient (Wildman–Crippen LogP) is 3.04. The summed E-state index contributed by atoms with van der Waals surface area (Å²) in [5.74, 6) is 0.529. The Labute approximate surface area is 139 Å². The fourth-order valence-corrected chi connectivity index (χ4v) is 2.71. The predicted molar refractivity (Wildman–Crippen MR) is 84.0 cm³/mol. The van der Waals surface area contributed by atoms with Crippen molar-refractivity contribution in [3.8, 4) is 0 Å². The van der Waals surface area contributed by atoms with Crippen molar-refractivity contribution in [3.05, 3.63) is 53.9 Å². The Bertz CT molecular complexity index is 1060. The summed E-state index contributed by atoms with van der Waals surface area (Å²) in [4.78, 5) is 8.79. The maximum atomic E-state index is 12.7. The van der Waals surface area contributed by atoms with Crippen LogP contribution in [0.2, 0.25) is 0 Å². The fraction of sp³-hybridized carbons (Fsp3) is 0.250. The number of aryl methyl sites for hydroxylation is 3. The lowest BCUT2D eigenvalue weighted by atomic mass is 10.2. The molecule has 0 unspecified atom stereocenters. The molecule has 6 nitrogen and oxygen atoms in total. The molecule has 0 atom stereocenters. The van der Waals surface area contributed by atoms with Gasteiger partial charge in [-0.05, 0) is 25.1 Å². The maximum absolute atomic E-state index is 12.7. The molecule has 4 aromatic rings. The van der Waals surface area contributed by atoms with E-state index in [1.54, 1.807) is 17.8 Å². The quantitative estimate of drug-likeness (QED) is 0.572. The SMILES string of the molecule is Cc1cc(C(F)(F)F)nn1CCc1nc2c3ccccc3ncn2n1. The van der Waals surface area contributed by atoms with E-state index in [4.69, 9.17) is 0 Å². The molecule has 0 amide bonds. The van der Waals surface area contributed by atoms with E-state index in [1.165, 1.54) is 4.68 Å².